The van der Waals surface area contributed by atoms with E-state index < -0.39 is 34.7 Å². The second-order valence-corrected chi connectivity index (χ2v) is 13.2. The summed E-state index contributed by atoms with van der Waals surface area (Å²) in [5, 5.41) is 17.7. The minimum absolute atomic E-state index is 0.0698. The number of nitrogen functional groups attached to an aromatic ring is 1. The van der Waals surface area contributed by atoms with Gasteiger partial charge in [0.15, 0.2) is 6.10 Å². The average Bonchev–Trinajstić information content (AvgIpc) is 3.27. The molecule has 42 heavy (non-hydrogen) atoms. The van der Waals surface area contributed by atoms with Crippen LogP contribution in [-0.2, 0) is 22.6 Å². The lowest BCUT2D eigenvalue weighted by Gasteiger charge is -2.33. The van der Waals surface area contributed by atoms with Crippen molar-refractivity contribution in [1.29, 1.82) is 0 Å². The molecule has 1 saturated heterocycles. The van der Waals surface area contributed by atoms with Crippen molar-refractivity contribution in [3.8, 4) is 0 Å². The molecular weight excluding hydrogens is 595 g/mol. The highest BCUT2D eigenvalue weighted by atomic mass is 35.5. The lowest BCUT2D eigenvalue weighted by Crippen LogP contribution is -2.58. The maximum Gasteiger partial charge on any atom is 0.254 e. The van der Waals surface area contributed by atoms with Gasteiger partial charge in [0.25, 0.3) is 11.8 Å². The van der Waals surface area contributed by atoms with Gasteiger partial charge in [-0.3, -0.25) is 14.4 Å². The Morgan fingerprint density at radius 2 is 1.81 bits per heavy atom. The summed E-state index contributed by atoms with van der Waals surface area (Å²) in [6, 6.07) is 17.4. The molecule has 3 atom stereocenters. The molecule has 1 aliphatic heterocycles. The molecule has 0 bridgehead atoms. The highest BCUT2D eigenvalue weighted by Crippen LogP contribution is 2.40. The number of nitrogens with one attached hydrogen (secondary N) is 2. The number of anilines is 1. The van der Waals surface area contributed by atoms with Gasteiger partial charge < -0.3 is 26.4 Å². The fourth-order valence-corrected chi connectivity index (χ4v) is 6.54. The fourth-order valence-electron chi connectivity index (χ4n) is 4.97. The molecule has 1 fully saturated rings. The lowest BCUT2D eigenvalue weighted by atomic mass is 9.96. The first kappa shape index (κ1) is 31.7. The lowest BCUT2D eigenvalue weighted by molar-refractivity contribution is -0.147. The van der Waals surface area contributed by atoms with E-state index in [9.17, 15) is 19.5 Å². The van der Waals surface area contributed by atoms with E-state index in [2.05, 4.69) is 10.6 Å². The zero-order valence-electron chi connectivity index (χ0n) is 23.6. The fraction of sp³-hybridized carbons (Fsp3) is 0.323. The summed E-state index contributed by atoms with van der Waals surface area (Å²) in [4.78, 5) is 42.0. The van der Waals surface area contributed by atoms with Crippen LogP contribution >= 0.6 is 35.0 Å². The number of aryl methyl sites for hydroxylation is 1. The molecule has 1 unspecified atom stereocenters. The molecule has 0 aromatic heterocycles. The van der Waals surface area contributed by atoms with Crippen LogP contribution < -0.4 is 16.4 Å². The normalized spacial score (nSPS) is 17.4. The maximum absolute atomic E-state index is 13.9. The Kier molecular flexibility index (Phi) is 10.1. The molecule has 8 nitrogen and oxygen atoms in total. The van der Waals surface area contributed by atoms with Gasteiger partial charge in [0.05, 0.1) is 28.2 Å². The van der Waals surface area contributed by atoms with Crippen LogP contribution in [0.15, 0.2) is 66.7 Å². The first-order valence-electron chi connectivity index (χ1n) is 13.4. The zero-order valence-corrected chi connectivity index (χ0v) is 25.9. The third-order valence-electron chi connectivity index (χ3n) is 7.36. The first-order chi connectivity index (χ1) is 19.9. The molecule has 0 spiro atoms. The van der Waals surface area contributed by atoms with Crippen LogP contribution in [0.2, 0.25) is 10.0 Å². The van der Waals surface area contributed by atoms with Crippen LogP contribution in [0.1, 0.15) is 40.9 Å². The monoisotopic (exact) mass is 628 g/mol. The van der Waals surface area contributed by atoms with Crippen molar-refractivity contribution in [2.45, 2.75) is 56.7 Å². The first-order valence-corrected chi connectivity index (χ1v) is 15.2. The van der Waals surface area contributed by atoms with Gasteiger partial charge in [-0.25, -0.2) is 0 Å². The van der Waals surface area contributed by atoms with E-state index in [1.54, 1.807) is 36.4 Å². The number of halogens is 2. The van der Waals surface area contributed by atoms with E-state index >= 15 is 0 Å². The number of aliphatic hydroxyl groups is 1. The van der Waals surface area contributed by atoms with Crippen molar-refractivity contribution < 1.29 is 19.5 Å². The highest BCUT2D eigenvalue weighted by molar-refractivity contribution is 8.00. The standard InChI is InChI=1S/C31H34Cl2N4O4S/c1-18-8-4-5-10-20(18)16-35-29(40)27-31(2,3)42-17-37(27)30(41)26(38)24(15-19-9-6-11-21(32)14-19)36-28(39)22-12-7-13-23(34)25(22)33/h4-14,24,26-27,38H,15-17,34H2,1-3H3,(H,35,40)(H,36,39)/t24-,26-,27?/m0/s1. The van der Waals surface area contributed by atoms with E-state index in [0.717, 1.165) is 11.1 Å². The number of carbonyl (C=O) groups is 3. The molecule has 222 valence electrons. The Bertz CT molecular complexity index is 1480. The summed E-state index contributed by atoms with van der Waals surface area (Å²) in [6.45, 7) is 6.06. The number of nitrogens with two attached hydrogens (primary N) is 1. The van der Waals surface area contributed by atoms with E-state index in [1.807, 2.05) is 45.0 Å². The van der Waals surface area contributed by atoms with Gasteiger partial charge >= 0.3 is 0 Å². The number of benzene rings is 3. The summed E-state index contributed by atoms with van der Waals surface area (Å²) in [5.41, 5.74) is 8.93. The Morgan fingerprint density at radius 1 is 1.10 bits per heavy atom. The van der Waals surface area contributed by atoms with Crippen molar-refractivity contribution in [3.63, 3.8) is 0 Å². The van der Waals surface area contributed by atoms with E-state index in [-0.39, 0.29) is 34.5 Å². The Hall–Kier alpha value is -3.24. The van der Waals surface area contributed by atoms with Gasteiger partial charge in [0.2, 0.25) is 5.91 Å². The van der Waals surface area contributed by atoms with Gasteiger partial charge in [-0.1, -0.05) is 65.7 Å². The van der Waals surface area contributed by atoms with Gasteiger partial charge in [0.1, 0.15) is 6.04 Å². The molecule has 0 saturated carbocycles. The summed E-state index contributed by atoms with van der Waals surface area (Å²) in [5.74, 6) is -1.40. The summed E-state index contributed by atoms with van der Waals surface area (Å²) in [7, 11) is 0. The number of aliphatic hydroxyl groups excluding tert-OH is 1. The Labute approximate surface area is 259 Å². The summed E-state index contributed by atoms with van der Waals surface area (Å²) < 4.78 is -0.619. The number of carbonyl (C=O) groups excluding carboxylic acids is 3. The topological polar surface area (TPSA) is 125 Å². The third-order valence-corrected chi connectivity index (χ3v) is 9.39. The van der Waals surface area contributed by atoms with Crippen LogP contribution in [-0.4, -0.2) is 56.5 Å². The van der Waals surface area contributed by atoms with Crippen molar-refractivity contribution in [2.75, 3.05) is 11.6 Å². The maximum atomic E-state index is 13.9. The SMILES string of the molecule is Cc1ccccc1CNC(=O)C1N(C(=O)[C@@H](O)[C@H](Cc2cccc(Cl)c2)NC(=O)c2cccc(N)c2Cl)CSC1(C)C. The molecule has 4 rings (SSSR count). The number of thioether (sulfide) groups is 1. The minimum atomic E-state index is -1.67. The number of rotatable bonds is 9. The van der Waals surface area contributed by atoms with E-state index in [4.69, 9.17) is 28.9 Å². The van der Waals surface area contributed by atoms with Gasteiger partial charge in [0, 0.05) is 16.3 Å². The predicted octanol–water partition coefficient (Wildman–Crippen LogP) is 4.58. The second-order valence-electron chi connectivity index (χ2n) is 10.8. The molecule has 1 aliphatic rings. The highest BCUT2D eigenvalue weighted by Gasteiger charge is 2.49. The molecule has 0 aliphatic carbocycles. The van der Waals surface area contributed by atoms with E-state index in [1.165, 1.54) is 22.7 Å². The molecule has 11 heteroatoms. The van der Waals surface area contributed by atoms with E-state index in [0.29, 0.717) is 17.1 Å². The number of nitrogens with zero attached hydrogens (tertiary/aromatic N) is 1. The molecular formula is C31H34Cl2N4O4S. The number of amides is 3. The smallest absolute Gasteiger partial charge is 0.254 e. The van der Waals surface area contributed by atoms with Crippen LogP contribution in [0.25, 0.3) is 0 Å². The predicted molar refractivity (Wildman–Crippen MR) is 168 cm³/mol. The molecule has 1 heterocycles. The Morgan fingerprint density at radius 3 is 2.52 bits per heavy atom. The largest absolute Gasteiger partial charge is 0.398 e. The van der Waals surface area contributed by atoms with Crippen molar-refractivity contribution in [1.82, 2.24) is 15.5 Å². The van der Waals surface area contributed by atoms with Crippen LogP contribution in [0.3, 0.4) is 0 Å². The second kappa shape index (κ2) is 13.4. The summed E-state index contributed by atoms with van der Waals surface area (Å²) >= 11 is 13.9. The molecule has 3 aromatic carbocycles. The zero-order chi connectivity index (χ0) is 30.6. The van der Waals surface area contributed by atoms with Crippen LogP contribution in [0, 0.1) is 6.92 Å². The number of hydrogen-bond donors (Lipinski definition) is 4. The van der Waals surface area contributed by atoms with Crippen molar-refractivity contribution in [3.05, 3.63) is 99.0 Å². The van der Waals surface area contributed by atoms with Gasteiger partial charge in [-0.2, -0.15) is 0 Å². The molecule has 3 aromatic rings. The summed E-state index contributed by atoms with van der Waals surface area (Å²) in [6.07, 6.45) is -1.58. The van der Waals surface area contributed by atoms with Gasteiger partial charge in [-0.15, -0.1) is 11.8 Å². The van der Waals surface area contributed by atoms with Crippen molar-refractivity contribution in [2.24, 2.45) is 0 Å². The van der Waals surface area contributed by atoms with Crippen LogP contribution in [0.5, 0.6) is 0 Å². The third kappa shape index (κ3) is 7.21. The minimum Gasteiger partial charge on any atom is -0.398 e. The van der Waals surface area contributed by atoms with Gasteiger partial charge in [-0.05, 0) is 68.1 Å². The van der Waals surface area contributed by atoms with Crippen molar-refractivity contribution >= 4 is 58.4 Å². The molecule has 0 radical (unpaired) electrons. The molecule has 5 N–H and O–H groups in total. The quantitative estimate of drug-likeness (QED) is 0.257. The number of hydrogen-bond acceptors (Lipinski definition) is 6. The average molecular weight is 630 g/mol. The molecule has 3 amide bonds. The Balaban J connectivity index is 1.58. The van der Waals surface area contributed by atoms with Crippen LogP contribution in [0.4, 0.5) is 5.69 Å².